The molecule has 0 saturated heterocycles. The van der Waals surface area contributed by atoms with Crippen molar-refractivity contribution in [2.75, 3.05) is 0 Å². The zero-order chi connectivity index (χ0) is 12.7. The molecular weight excluding hydrogens is 244 g/mol. The Hall–Kier alpha value is -1.69. The molecule has 0 radical (unpaired) electrons. The SMILES string of the molecule is c1n[nH]c2c1CCC[C@H]2OCc1noc(C2CC2)n1. The van der Waals surface area contributed by atoms with E-state index in [1.807, 2.05) is 6.20 Å². The van der Waals surface area contributed by atoms with Crippen LogP contribution in [0, 0.1) is 0 Å². The average molecular weight is 260 g/mol. The number of fused-ring (bicyclic) bond motifs is 1. The van der Waals surface area contributed by atoms with E-state index in [1.165, 1.54) is 18.4 Å². The second kappa shape index (κ2) is 4.45. The van der Waals surface area contributed by atoms with Gasteiger partial charge in [0.1, 0.15) is 6.61 Å². The zero-order valence-corrected chi connectivity index (χ0v) is 10.6. The molecule has 0 unspecified atom stereocenters. The van der Waals surface area contributed by atoms with Crippen molar-refractivity contribution in [3.8, 4) is 0 Å². The number of aromatic nitrogens is 4. The summed E-state index contributed by atoms with van der Waals surface area (Å²) in [5.74, 6) is 1.91. The largest absolute Gasteiger partial charge is 0.364 e. The Labute approximate surface area is 110 Å². The van der Waals surface area contributed by atoms with Gasteiger partial charge in [-0.3, -0.25) is 5.10 Å². The van der Waals surface area contributed by atoms with Gasteiger partial charge in [-0.15, -0.1) is 0 Å². The summed E-state index contributed by atoms with van der Waals surface area (Å²) in [5, 5.41) is 11.1. The number of H-pyrrole nitrogens is 1. The first-order valence-electron chi connectivity index (χ1n) is 6.86. The molecule has 1 saturated carbocycles. The normalized spacial score (nSPS) is 22.4. The van der Waals surface area contributed by atoms with Gasteiger partial charge in [-0.25, -0.2) is 0 Å². The van der Waals surface area contributed by atoms with Crippen LogP contribution in [0.15, 0.2) is 10.7 Å². The molecule has 0 bridgehead atoms. The minimum Gasteiger partial charge on any atom is -0.364 e. The van der Waals surface area contributed by atoms with Crippen LogP contribution in [0.2, 0.25) is 0 Å². The second-order valence-electron chi connectivity index (χ2n) is 5.32. The molecule has 6 nitrogen and oxygen atoms in total. The van der Waals surface area contributed by atoms with E-state index in [2.05, 4.69) is 20.3 Å². The summed E-state index contributed by atoms with van der Waals surface area (Å²) in [4.78, 5) is 4.37. The Bertz CT molecular complexity index is 573. The van der Waals surface area contributed by atoms with Gasteiger partial charge in [0.15, 0.2) is 5.82 Å². The second-order valence-corrected chi connectivity index (χ2v) is 5.32. The van der Waals surface area contributed by atoms with Crippen LogP contribution in [0.3, 0.4) is 0 Å². The van der Waals surface area contributed by atoms with Crippen molar-refractivity contribution in [3.63, 3.8) is 0 Å². The standard InChI is InChI=1S/C13H16N4O2/c1-2-9-6-14-16-12(9)10(3-1)18-7-11-15-13(19-17-11)8-4-5-8/h6,8,10H,1-5,7H2,(H,14,16)/t10-/m1/s1. The summed E-state index contributed by atoms with van der Waals surface area (Å²) in [6, 6.07) is 0. The molecule has 1 fully saturated rings. The number of aromatic amines is 1. The summed E-state index contributed by atoms with van der Waals surface area (Å²) < 4.78 is 11.1. The molecular formula is C13H16N4O2. The van der Waals surface area contributed by atoms with Gasteiger partial charge in [-0.05, 0) is 37.7 Å². The van der Waals surface area contributed by atoms with Gasteiger partial charge >= 0.3 is 0 Å². The number of nitrogens with zero attached hydrogens (tertiary/aromatic N) is 3. The molecule has 0 amide bonds. The first-order valence-corrected chi connectivity index (χ1v) is 6.86. The lowest BCUT2D eigenvalue weighted by Crippen LogP contribution is -2.12. The van der Waals surface area contributed by atoms with E-state index >= 15 is 0 Å². The molecule has 6 heteroatoms. The molecule has 2 aliphatic rings. The molecule has 1 N–H and O–H groups in total. The number of hydrogen-bond acceptors (Lipinski definition) is 5. The van der Waals surface area contributed by atoms with Crippen molar-refractivity contribution >= 4 is 0 Å². The summed E-state index contributed by atoms with van der Waals surface area (Å²) in [7, 11) is 0. The van der Waals surface area contributed by atoms with Crippen LogP contribution in [0.5, 0.6) is 0 Å². The predicted octanol–water partition coefficient (Wildman–Crippen LogP) is 2.26. The lowest BCUT2D eigenvalue weighted by Gasteiger charge is -2.21. The Morgan fingerprint density at radius 3 is 3.21 bits per heavy atom. The minimum atomic E-state index is 0.0779. The third-order valence-corrected chi connectivity index (χ3v) is 3.81. The van der Waals surface area contributed by atoms with Crippen molar-refractivity contribution in [1.82, 2.24) is 20.3 Å². The van der Waals surface area contributed by atoms with Crippen LogP contribution in [-0.4, -0.2) is 20.3 Å². The summed E-state index contributed by atoms with van der Waals surface area (Å²) in [6.07, 6.45) is 7.54. The molecule has 100 valence electrons. The monoisotopic (exact) mass is 260 g/mol. The van der Waals surface area contributed by atoms with Crippen LogP contribution >= 0.6 is 0 Å². The Kier molecular flexibility index (Phi) is 2.61. The number of aryl methyl sites for hydroxylation is 1. The van der Waals surface area contributed by atoms with Gasteiger partial charge in [-0.2, -0.15) is 10.1 Å². The van der Waals surface area contributed by atoms with Gasteiger partial charge in [-0.1, -0.05) is 5.16 Å². The fraction of sp³-hybridized carbons (Fsp3) is 0.615. The molecule has 19 heavy (non-hydrogen) atoms. The third kappa shape index (κ3) is 2.16. The van der Waals surface area contributed by atoms with Crippen LogP contribution < -0.4 is 0 Å². The maximum absolute atomic E-state index is 5.91. The van der Waals surface area contributed by atoms with E-state index in [0.717, 1.165) is 30.8 Å². The summed E-state index contributed by atoms with van der Waals surface area (Å²) >= 11 is 0. The third-order valence-electron chi connectivity index (χ3n) is 3.81. The molecule has 0 spiro atoms. The molecule has 4 rings (SSSR count). The topological polar surface area (TPSA) is 76.8 Å². The Balaban J connectivity index is 1.42. The Morgan fingerprint density at radius 2 is 2.32 bits per heavy atom. The highest BCUT2D eigenvalue weighted by Gasteiger charge is 2.30. The van der Waals surface area contributed by atoms with Crippen molar-refractivity contribution in [2.24, 2.45) is 0 Å². The van der Waals surface area contributed by atoms with E-state index in [1.54, 1.807) is 0 Å². The predicted molar refractivity (Wildman–Crippen MR) is 65.3 cm³/mol. The van der Waals surface area contributed by atoms with Crippen LogP contribution in [0.25, 0.3) is 0 Å². The minimum absolute atomic E-state index is 0.0779. The summed E-state index contributed by atoms with van der Waals surface area (Å²) in [6.45, 7) is 0.402. The Morgan fingerprint density at radius 1 is 1.37 bits per heavy atom. The highest BCUT2D eigenvalue weighted by atomic mass is 16.5. The van der Waals surface area contributed by atoms with Crippen LogP contribution in [0.4, 0.5) is 0 Å². The average Bonchev–Trinajstić information content (AvgIpc) is 3.00. The zero-order valence-electron chi connectivity index (χ0n) is 10.6. The van der Waals surface area contributed by atoms with Crippen molar-refractivity contribution in [1.29, 1.82) is 0 Å². The highest BCUT2D eigenvalue weighted by molar-refractivity contribution is 5.21. The number of ether oxygens (including phenoxy) is 1. The van der Waals surface area contributed by atoms with E-state index in [9.17, 15) is 0 Å². The number of rotatable bonds is 4. The van der Waals surface area contributed by atoms with Gasteiger partial charge in [0, 0.05) is 5.92 Å². The van der Waals surface area contributed by atoms with E-state index < -0.39 is 0 Å². The fourth-order valence-electron chi connectivity index (χ4n) is 2.59. The van der Waals surface area contributed by atoms with Gasteiger partial charge < -0.3 is 9.26 Å². The number of hydrogen-bond donors (Lipinski definition) is 1. The quantitative estimate of drug-likeness (QED) is 0.912. The van der Waals surface area contributed by atoms with Crippen molar-refractivity contribution in [2.45, 2.75) is 50.7 Å². The molecule has 1 atom stereocenters. The molecule has 2 aliphatic carbocycles. The van der Waals surface area contributed by atoms with Crippen LogP contribution in [-0.2, 0) is 17.8 Å². The first kappa shape index (κ1) is 11.2. The van der Waals surface area contributed by atoms with Crippen molar-refractivity contribution in [3.05, 3.63) is 29.2 Å². The van der Waals surface area contributed by atoms with E-state index in [4.69, 9.17) is 9.26 Å². The molecule has 0 aromatic carbocycles. The van der Waals surface area contributed by atoms with Gasteiger partial charge in [0.05, 0.1) is 18.0 Å². The van der Waals surface area contributed by atoms with Crippen molar-refractivity contribution < 1.29 is 9.26 Å². The fourth-order valence-corrected chi connectivity index (χ4v) is 2.59. The maximum atomic E-state index is 5.91. The van der Waals surface area contributed by atoms with E-state index in [-0.39, 0.29) is 6.10 Å². The molecule has 2 aromatic rings. The molecule has 2 heterocycles. The van der Waals surface area contributed by atoms with Gasteiger partial charge in [0.2, 0.25) is 5.89 Å². The summed E-state index contributed by atoms with van der Waals surface area (Å²) in [5.41, 5.74) is 2.38. The highest BCUT2D eigenvalue weighted by Crippen LogP contribution is 2.39. The maximum Gasteiger partial charge on any atom is 0.229 e. The van der Waals surface area contributed by atoms with Gasteiger partial charge in [0.25, 0.3) is 0 Å². The molecule has 0 aliphatic heterocycles. The lowest BCUT2D eigenvalue weighted by atomic mass is 9.96. The smallest absolute Gasteiger partial charge is 0.229 e. The first-order chi connectivity index (χ1) is 9.40. The number of nitrogens with one attached hydrogen (secondary N) is 1. The lowest BCUT2D eigenvalue weighted by molar-refractivity contribution is 0.0210. The van der Waals surface area contributed by atoms with Crippen LogP contribution in [0.1, 0.15) is 60.7 Å². The molecule has 2 aromatic heterocycles. The van der Waals surface area contributed by atoms with E-state index in [0.29, 0.717) is 18.3 Å².